The minimum atomic E-state index is -0.303. The Kier molecular flexibility index (Phi) is 3.69. The first-order valence-corrected chi connectivity index (χ1v) is 6.89. The van der Waals surface area contributed by atoms with E-state index in [0.29, 0.717) is 18.2 Å². The molecule has 5 heteroatoms. The lowest BCUT2D eigenvalue weighted by atomic mass is 10.1. The Labute approximate surface area is 117 Å². The van der Waals surface area contributed by atoms with Gasteiger partial charge < -0.3 is 9.67 Å². The predicted octanol–water partition coefficient (Wildman–Crippen LogP) is 2.39. The molecule has 1 N–H and O–H groups in total. The van der Waals surface area contributed by atoms with Crippen molar-refractivity contribution in [2.75, 3.05) is 6.54 Å². The Balaban J connectivity index is 1.71. The standard InChI is InChI=1S/C15H18FN3O/c16-13-3-4-15(20)12(8-13)9-19-6-1-2-14(19)10-18-7-5-17-11-18/h3-5,7-8,11,14,20H,1-2,6,9-10H2. The highest BCUT2D eigenvalue weighted by Gasteiger charge is 2.25. The van der Waals surface area contributed by atoms with Gasteiger partial charge in [-0.2, -0.15) is 0 Å². The number of halogens is 1. The summed E-state index contributed by atoms with van der Waals surface area (Å²) < 4.78 is 15.3. The van der Waals surface area contributed by atoms with Crippen LogP contribution in [0.5, 0.6) is 5.75 Å². The van der Waals surface area contributed by atoms with Crippen LogP contribution in [0, 0.1) is 5.82 Å². The monoisotopic (exact) mass is 275 g/mol. The van der Waals surface area contributed by atoms with Crippen LogP contribution in [-0.4, -0.2) is 32.1 Å². The second kappa shape index (κ2) is 5.63. The average molecular weight is 275 g/mol. The molecule has 0 amide bonds. The van der Waals surface area contributed by atoms with Gasteiger partial charge in [0.1, 0.15) is 11.6 Å². The van der Waals surface area contributed by atoms with Gasteiger partial charge in [0, 0.05) is 37.1 Å². The van der Waals surface area contributed by atoms with E-state index in [0.717, 1.165) is 25.9 Å². The van der Waals surface area contributed by atoms with Crippen LogP contribution in [0.4, 0.5) is 4.39 Å². The molecule has 1 aliphatic heterocycles. The first-order chi connectivity index (χ1) is 9.72. The Morgan fingerprint density at radius 1 is 1.40 bits per heavy atom. The summed E-state index contributed by atoms with van der Waals surface area (Å²) in [6.45, 7) is 2.45. The molecule has 2 heterocycles. The minimum absolute atomic E-state index is 0.166. The van der Waals surface area contributed by atoms with Crippen LogP contribution in [0.1, 0.15) is 18.4 Å². The topological polar surface area (TPSA) is 41.3 Å². The Morgan fingerprint density at radius 3 is 3.10 bits per heavy atom. The van der Waals surface area contributed by atoms with Crippen molar-refractivity contribution < 1.29 is 9.50 Å². The van der Waals surface area contributed by atoms with E-state index in [1.165, 1.54) is 18.2 Å². The van der Waals surface area contributed by atoms with Gasteiger partial charge in [0.2, 0.25) is 0 Å². The van der Waals surface area contributed by atoms with Crippen LogP contribution in [0.3, 0.4) is 0 Å². The van der Waals surface area contributed by atoms with Crippen molar-refractivity contribution in [3.8, 4) is 5.75 Å². The zero-order valence-electron chi connectivity index (χ0n) is 11.2. The van der Waals surface area contributed by atoms with Crippen LogP contribution in [0.2, 0.25) is 0 Å². The molecule has 4 nitrogen and oxygen atoms in total. The third kappa shape index (κ3) is 2.82. The molecule has 0 aliphatic carbocycles. The van der Waals surface area contributed by atoms with Crippen LogP contribution in [0.15, 0.2) is 36.9 Å². The van der Waals surface area contributed by atoms with E-state index in [4.69, 9.17) is 0 Å². The lowest BCUT2D eigenvalue weighted by Crippen LogP contribution is -2.32. The summed E-state index contributed by atoms with van der Waals surface area (Å²) in [5.74, 6) is -0.136. The molecule has 1 aromatic carbocycles. The summed E-state index contributed by atoms with van der Waals surface area (Å²) in [7, 11) is 0. The van der Waals surface area contributed by atoms with Gasteiger partial charge in [-0.05, 0) is 37.6 Å². The first kappa shape index (κ1) is 13.1. The lowest BCUT2D eigenvalue weighted by molar-refractivity contribution is 0.221. The number of nitrogens with zero attached hydrogens (tertiary/aromatic N) is 3. The van der Waals surface area contributed by atoms with Gasteiger partial charge in [0.15, 0.2) is 0 Å². The number of aromatic hydroxyl groups is 1. The van der Waals surface area contributed by atoms with Crippen LogP contribution in [-0.2, 0) is 13.1 Å². The summed E-state index contributed by atoms with van der Waals surface area (Å²) in [6, 6.07) is 4.53. The number of phenolic OH excluding ortho intramolecular Hbond substituents is 1. The molecular formula is C15H18FN3O. The van der Waals surface area contributed by atoms with Gasteiger partial charge in [0.05, 0.1) is 6.33 Å². The van der Waals surface area contributed by atoms with Crippen molar-refractivity contribution in [2.45, 2.75) is 32.0 Å². The quantitative estimate of drug-likeness (QED) is 0.931. The second-order valence-electron chi connectivity index (χ2n) is 5.30. The summed E-state index contributed by atoms with van der Waals surface area (Å²) in [6.07, 6.45) is 7.80. The predicted molar refractivity (Wildman–Crippen MR) is 73.7 cm³/mol. The SMILES string of the molecule is Oc1ccc(F)cc1CN1CCCC1Cn1ccnc1. The molecule has 0 radical (unpaired) electrons. The summed E-state index contributed by atoms with van der Waals surface area (Å²) in [5, 5.41) is 9.83. The smallest absolute Gasteiger partial charge is 0.123 e. The van der Waals surface area contributed by atoms with Crippen LogP contribution in [0.25, 0.3) is 0 Å². The van der Waals surface area contributed by atoms with E-state index >= 15 is 0 Å². The molecule has 106 valence electrons. The van der Waals surface area contributed by atoms with Crippen molar-refractivity contribution in [2.24, 2.45) is 0 Å². The van der Waals surface area contributed by atoms with E-state index in [1.807, 2.05) is 12.5 Å². The highest BCUT2D eigenvalue weighted by Crippen LogP contribution is 2.25. The van der Waals surface area contributed by atoms with E-state index in [1.54, 1.807) is 6.20 Å². The van der Waals surface area contributed by atoms with Crippen molar-refractivity contribution >= 4 is 0 Å². The van der Waals surface area contributed by atoms with Crippen molar-refractivity contribution in [3.63, 3.8) is 0 Å². The fraction of sp³-hybridized carbons (Fsp3) is 0.400. The van der Waals surface area contributed by atoms with Crippen LogP contribution >= 0.6 is 0 Å². The molecule has 1 unspecified atom stereocenters. The van der Waals surface area contributed by atoms with E-state index < -0.39 is 0 Å². The molecule has 1 saturated heterocycles. The minimum Gasteiger partial charge on any atom is -0.508 e. The summed E-state index contributed by atoms with van der Waals surface area (Å²) in [4.78, 5) is 6.35. The van der Waals surface area contributed by atoms with Crippen LogP contribution < -0.4 is 0 Å². The van der Waals surface area contributed by atoms with Crippen molar-refractivity contribution in [1.29, 1.82) is 0 Å². The molecule has 1 atom stereocenters. The third-order valence-corrected chi connectivity index (χ3v) is 3.89. The maximum atomic E-state index is 13.3. The molecule has 1 aromatic heterocycles. The molecule has 1 fully saturated rings. The number of hydrogen-bond donors (Lipinski definition) is 1. The first-order valence-electron chi connectivity index (χ1n) is 6.89. The Bertz CT molecular complexity index is 571. The zero-order valence-corrected chi connectivity index (χ0v) is 11.2. The summed E-state index contributed by atoms with van der Waals surface area (Å²) in [5.41, 5.74) is 0.655. The molecule has 0 bridgehead atoms. The van der Waals surface area contributed by atoms with E-state index in [9.17, 15) is 9.50 Å². The fourth-order valence-electron chi connectivity index (χ4n) is 2.85. The van der Waals surface area contributed by atoms with E-state index in [-0.39, 0.29) is 11.6 Å². The number of phenols is 1. The number of benzene rings is 1. The third-order valence-electron chi connectivity index (χ3n) is 3.89. The summed E-state index contributed by atoms with van der Waals surface area (Å²) >= 11 is 0. The van der Waals surface area contributed by atoms with Gasteiger partial charge in [-0.3, -0.25) is 4.90 Å². The van der Waals surface area contributed by atoms with Gasteiger partial charge in [0.25, 0.3) is 0 Å². The number of aromatic nitrogens is 2. The molecule has 2 aromatic rings. The maximum absolute atomic E-state index is 13.3. The second-order valence-corrected chi connectivity index (χ2v) is 5.30. The van der Waals surface area contributed by atoms with Crippen molar-refractivity contribution in [3.05, 3.63) is 48.3 Å². The van der Waals surface area contributed by atoms with Gasteiger partial charge >= 0.3 is 0 Å². The van der Waals surface area contributed by atoms with Gasteiger partial charge in [-0.15, -0.1) is 0 Å². The molecule has 20 heavy (non-hydrogen) atoms. The number of imidazole rings is 1. The zero-order chi connectivity index (χ0) is 13.9. The molecule has 0 spiro atoms. The number of rotatable bonds is 4. The lowest BCUT2D eigenvalue weighted by Gasteiger charge is -2.25. The molecule has 1 aliphatic rings. The van der Waals surface area contributed by atoms with E-state index in [2.05, 4.69) is 14.5 Å². The molecular weight excluding hydrogens is 257 g/mol. The number of likely N-dealkylation sites (tertiary alicyclic amines) is 1. The maximum Gasteiger partial charge on any atom is 0.123 e. The normalized spacial score (nSPS) is 19.6. The molecule has 0 saturated carbocycles. The Hall–Kier alpha value is -1.88. The highest BCUT2D eigenvalue weighted by molar-refractivity contribution is 5.32. The van der Waals surface area contributed by atoms with Gasteiger partial charge in [-0.25, -0.2) is 9.37 Å². The van der Waals surface area contributed by atoms with Crippen molar-refractivity contribution in [1.82, 2.24) is 14.5 Å². The largest absolute Gasteiger partial charge is 0.508 e. The fourth-order valence-corrected chi connectivity index (χ4v) is 2.85. The highest BCUT2D eigenvalue weighted by atomic mass is 19.1. The van der Waals surface area contributed by atoms with Gasteiger partial charge in [-0.1, -0.05) is 0 Å². The Morgan fingerprint density at radius 2 is 2.30 bits per heavy atom. The average Bonchev–Trinajstić information content (AvgIpc) is 3.07. The molecule has 3 rings (SSSR count). The number of hydrogen-bond acceptors (Lipinski definition) is 3.